The molecule has 0 bridgehead atoms. The smallest absolute Gasteiger partial charge is 0.305 e. The molecule has 1 rings (SSSR count). The molecule has 0 aliphatic heterocycles. The van der Waals surface area contributed by atoms with E-state index in [4.69, 9.17) is 10.8 Å². The molecular weight excluding hydrogens is 194 g/mol. The zero-order valence-corrected chi connectivity index (χ0v) is 8.34. The Hall–Kier alpha value is -1.39. The van der Waals surface area contributed by atoms with E-state index in [1.807, 2.05) is 30.3 Å². The second-order valence-corrected chi connectivity index (χ2v) is 3.52. The highest BCUT2D eigenvalue weighted by Crippen LogP contribution is 2.06. The van der Waals surface area contributed by atoms with E-state index in [1.54, 1.807) is 0 Å². The van der Waals surface area contributed by atoms with Crippen LogP contribution in [0.5, 0.6) is 0 Å². The van der Waals surface area contributed by atoms with Crippen molar-refractivity contribution in [2.24, 2.45) is 5.73 Å². The molecule has 0 aliphatic carbocycles. The fourth-order valence-electron chi connectivity index (χ4n) is 1.34. The van der Waals surface area contributed by atoms with E-state index in [0.29, 0.717) is 6.42 Å². The Morgan fingerprint density at radius 1 is 1.33 bits per heavy atom. The second-order valence-electron chi connectivity index (χ2n) is 3.52. The van der Waals surface area contributed by atoms with Gasteiger partial charge in [-0.3, -0.25) is 4.79 Å². The Morgan fingerprint density at radius 2 is 1.93 bits per heavy atom. The quantitative estimate of drug-likeness (QED) is 0.655. The van der Waals surface area contributed by atoms with E-state index in [1.165, 1.54) is 0 Å². The zero-order valence-electron chi connectivity index (χ0n) is 8.34. The van der Waals surface area contributed by atoms with Gasteiger partial charge in [0, 0.05) is 6.04 Å². The number of rotatable bonds is 5. The number of carboxylic acid groups (broad SMARTS) is 1. The van der Waals surface area contributed by atoms with Crippen LogP contribution >= 0.6 is 0 Å². The minimum absolute atomic E-state index is 0.214. The second kappa shape index (κ2) is 5.48. The molecule has 82 valence electrons. The van der Waals surface area contributed by atoms with Crippen molar-refractivity contribution in [1.29, 1.82) is 0 Å². The third-order valence-electron chi connectivity index (χ3n) is 2.19. The largest absolute Gasteiger partial charge is 0.481 e. The first kappa shape index (κ1) is 11.7. The van der Waals surface area contributed by atoms with Crippen LogP contribution in [-0.4, -0.2) is 28.3 Å². The maximum atomic E-state index is 10.4. The first-order valence-electron chi connectivity index (χ1n) is 4.79. The number of hydrogen-bond acceptors (Lipinski definition) is 3. The van der Waals surface area contributed by atoms with Crippen LogP contribution in [0.4, 0.5) is 0 Å². The van der Waals surface area contributed by atoms with Gasteiger partial charge in [-0.1, -0.05) is 30.3 Å². The summed E-state index contributed by atoms with van der Waals surface area (Å²) in [5.41, 5.74) is 6.49. The van der Waals surface area contributed by atoms with Gasteiger partial charge in [-0.25, -0.2) is 0 Å². The van der Waals surface area contributed by atoms with Gasteiger partial charge in [0.2, 0.25) is 0 Å². The van der Waals surface area contributed by atoms with Crippen molar-refractivity contribution in [2.45, 2.75) is 25.0 Å². The first-order chi connectivity index (χ1) is 7.09. The summed E-state index contributed by atoms with van der Waals surface area (Å²) in [6.07, 6.45) is -0.646. The lowest BCUT2D eigenvalue weighted by molar-refractivity contribution is -0.138. The zero-order chi connectivity index (χ0) is 11.3. The summed E-state index contributed by atoms with van der Waals surface area (Å²) < 4.78 is 0. The lowest BCUT2D eigenvalue weighted by atomic mass is 10.0. The number of nitrogens with two attached hydrogens (primary N) is 1. The molecule has 2 unspecified atom stereocenters. The lowest BCUT2D eigenvalue weighted by Gasteiger charge is -2.16. The van der Waals surface area contributed by atoms with Crippen LogP contribution in [0.25, 0.3) is 0 Å². The van der Waals surface area contributed by atoms with E-state index >= 15 is 0 Å². The molecule has 4 nitrogen and oxygen atoms in total. The average molecular weight is 209 g/mol. The summed E-state index contributed by atoms with van der Waals surface area (Å²) in [5, 5.41) is 18.1. The fourth-order valence-corrected chi connectivity index (χ4v) is 1.34. The normalized spacial score (nSPS) is 14.5. The highest BCUT2D eigenvalue weighted by atomic mass is 16.4. The number of benzene rings is 1. The van der Waals surface area contributed by atoms with Gasteiger partial charge in [-0.2, -0.15) is 0 Å². The molecule has 1 aromatic rings. The molecule has 4 heteroatoms. The molecule has 0 aromatic heterocycles. The molecule has 0 heterocycles. The van der Waals surface area contributed by atoms with E-state index < -0.39 is 18.1 Å². The van der Waals surface area contributed by atoms with Crippen molar-refractivity contribution in [1.82, 2.24) is 0 Å². The van der Waals surface area contributed by atoms with Crippen LogP contribution in [0, 0.1) is 0 Å². The predicted octanol–water partition coefficient (Wildman–Crippen LogP) is 0.392. The van der Waals surface area contributed by atoms with Gasteiger partial charge in [0.15, 0.2) is 0 Å². The average Bonchev–Trinajstić information content (AvgIpc) is 2.18. The molecule has 0 saturated carbocycles. The Labute approximate surface area is 88.3 Å². The summed E-state index contributed by atoms with van der Waals surface area (Å²) in [7, 11) is 0. The molecule has 0 radical (unpaired) electrons. The summed E-state index contributed by atoms with van der Waals surface area (Å²) in [6.45, 7) is 0. The van der Waals surface area contributed by atoms with Crippen LogP contribution in [0.3, 0.4) is 0 Å². The van der Waals surface area contributed by atoms with Gasteiger partial charge in [-0.15, -0.1) is 0 Å². The number of aliphatic hydroxyl groups excluding tert-OH is 1. The van der Waals surface area contributed by atoms with E-state index in [-0.39, 0.29) is 6.42 Å². The van der Waals surface area contributed by atoms with Crippen LogP contribution in [0.2, 0.25) is 0 Å². The van der Waals surface area contributed by atoms with Crippen molar-refractivity contribution in [3.8, 4) is 0 Å². The standard InChI is InChI=1S/C11H15NO3/c12-9(7-11(14)15)10(13)6-8-4-2-1-3-5-8/h1-5,9-10,13H,6-7,12H2,(H,14,15). The number of hydrogen-bond donors (Lipinski definition) is 3. The number of aliphatic carboxylic acids is 1. The van der Waals surface area contributed by atoms with Crippen molar-refractivity contribution >= 4 is 5.97 Å². The van der Waals surface area contributed by atoms with Crippen molar-refractivity contribution in [2.75, 3.05) is 0 Å². The van der Waals surface area contributed by atoms with E-state index in [2.05, 4.69) is 0 Å². The first-order valence-corrected chi connectivity index (χ1v) is 4.79. The Balaban J connectivity index is 2.48. The maximum absolute atomic E-state index is 10.4. The van der Waals surface area contributed by atoms with Gasteiger partial charge in [-0.05, 0) is 12.0 Å². The minimum atomic E-state index is -0.991. The van der Waals surface area contributed by atoms with Gasteiger partial charge in [0.25, 0.3) is 0 Å². The van der Waals surface area contributed by atoms with E-state index in [9.17, 15) is 9.90 Å². The van der Waals surface area contributed by atoms with E-state index in [0.717, 1.165) is 5.56 Å². The Kier molecular flexibility index (Phi) is 4.27. The molecule has 2 atom stereocenters. The minimum Gasteiger partial charge on any atom is -0.481 e. The highest BCUT2D eigenvalue weighted by Gasteiger charge is 2.17. The number of carbonyl (C=O) groups is 1. The molecule has 0 amide bonds. The summed E-state index contributed by atoms with van der Waals surface area (Å²) >= 11 is 0. The molecule has 0 fully saturated rings. The predicted molar refractivity (Wildman–Crippen MR) is 56.4 cm³/mol. The number of aliphatic hydroxyl groups is 1. The summed E-state index contributed by atoms with van der Waals surface area (Å²) in [6, 6.07) is 8.64. The summed E-state index contributed by atoms with van der Waals surface area (Å²) in [4.78, 5) is 10.4. The van der Waals surface area contributed by atoms with Crippen molar-refractivity contribution in [3.05, 3.63) is 35.9 Å². The van der Waals surface area contributed by atoms with Gasteiger partial charge >= 0.3 is 5.97 Å². The monoisotopic (exact) mass is 209 g/mol. The van der Waals surface area contributed by atoms with Crippen molar-refractivity contribution in [3.63, 3.8) is 0 Å². The third-order valence-corrected chi connectivity index (χ3v) is 2.19. The highest BCUT2D eigenvalue weighted by molar-refractivity contribution is 5.67. The van der Waals surface area contributed by atoms with Crippen molar-refractivity contribution < 1.29 is 15.0 Å². The number of carboxylic acids is 1. The molecule has 15 heavy (non-hydrogen) atoms. The van der Waals surface area contributed by atoms with Crippen LogP contribution in [-0.2, 0) is 11.2 Å². The van der Waals surface area contributed by atoms with Gasteiger partial charge in [0.1, 0.15) is 0 Å². The lowest BCUT2D eigenvalue weighted by Crippen LogP contribution is -2.38. The maximum Gasteiger partial charge on any atom is 0.305 e. The van der Waals surface area contributed by atoms with Crippen LogP contribution in [0.15, 0.2) is 30.3 Å². The molecule has 0 spiro atoms. The molecule has 0 saturated heterocycles. The Bertz CT molecular complexity index is 313. The van der Waals surface area contributed by atoms with Gasteiger partial charge in [0.05, 0.1) is 12.5 Å². The molecule has 4 N–H and O–H groups in total. The fraction of sp³-hybridized carbons (Fsp3) is 0.364. The van der Waals surface area contributed by atoms with Crippen LogP contribution < -0.4 is 5.73 Å². The molecule has 1 aromatic carbocycles. The Morgan fingerprint density at radius 3 is 2.47 bits per heavy atom. The summed E-state index contributed by atoms with van der Waals surface area (Å²) in [5.74, 6) is -0.991. The topological polar surface area (TPSA) is 83.6 Å². The SMILES string of the molecule is NC(CC(=O)O)C(O)Cc1ccccc1. The van der Waals surface area contributed by atoms with Gasteiger partial charge < -0.3 is 15.9 Å². The van der Waals surface area contributed by atoms with Crippen LogP contribution in [0.1, 0.15) is 12.0 Å². The molecule has 0 aliphatic rings. The molecular formula is C11H15NO3. The third kappa shape index (κ3) is 4.10.